The number of rotatable bonds is 1. The van der Waals surface area contributed by atoms with Gasteiger partial charge in [-0.1, -0.05) is 19.1 Å². The van der Waals surface area contributed by atoms with Crippen molar-refractivity contribution < 1.29 is 9.59 Å². The third-order valence-corrected chi connectivity index (χ3v) is 2.90. The summed E-state index contributed by atoms with van der Waals surface area (Å²) in [4.78, 5) is 26.2. The van der Waals surface area contributed by atoms with E-state index in [0.717, 1.165) is 17.8 Å². The first kappa shape index (κ1) is 10.7. The highest BCUT2D eigenvalue weighted by Crippen LogP contribution is 2.31. The number of anilines is 2. The lowest BCUT2D eigenvalue weighted by molar-refractivity contribution is -0.121. The molecule has 1 atom stereocenters. The largest absolute Gasteiger partial charge is 0.313 e. The fraction of sp³-hybridized carbons (Fsp3) is 0.333. The molecule has 84 valence electrons. The SMILES string of the molecule is CC1CN(C=O)c2ccccc2N(C)C1=O. The first-order valence-corrected chi connectivity index (χ1v) is 5.23. The topological polar surface area (TPSA) is 40.6 Å². The van der Waals surface area contributed by atoms with Gasteiger partial charge in [-0.3, -0.25) is 9.59 Å². The lowest BCUT2D eigenvalue weighted by atomic mass is 10.1. The summed E-state index contributed by atoms with van der Waals surface area (Å²) >= 11 is 0. The van der Waals surface area contributed by atoms with E-state index in [2.05, 4.69) is 0 Å². The number of carbonyl (C=O) groups is 2. The van der Waals surface area contributed by atoms with Crippen LogP contribution in [-0.4, -0.2) is 25.9 Å². The van der Waals surface area contributed by atoms with Crippen LogP contribution in [-0.2, 0) is 9.59 Å². The van der Waals surface area contributed by atoms with Crippen LogP contribution in [0.15, 0.2) is 24.3 Å². The van der Waals surface area contributed by atoms with Crippen LogP contribution in [0.5, 0.6) is 0 Å². The van der Waals surface area contributed by atoms with Gasteiger partial charge in [0.1, 0.15) is 0 Å². The molecule has 0 saturated heterocycles. The molecular weight excluding hydrogens is 204 g/mol. The minimum absolute atomic E-state index is 0.0387. The lowest BCUT2D eigenvalue weighted by Crippen LogP contribution is -2.33. The van der Waals surface area contributed by atoms with E-state index >= 15 is 0 Å². The van der Waals surface area contributed by atoms with Crippen LogP contribution in [0.1, 0.15) is 6.92 Å². The molecule has 16 heavy (non-hydrogen) atoms. The van der Waals surface area contributed by atoms with E-state index < -0.39 is 0 Å². The predicted molar refractivity (Wildman–Crippen MR) is 62.4 cm³/mol. The molecule has 0 fully saturated rings. The summed E-state index contributed by atoms with van der Waals surface area (Å²) in [6.07, 6.45) is 0.780. The molecule has 0 aromatic heterocycles. The van der Waals surface area contributed by atoms with E-state index in [1.807, 2.05) is 31.2 Å². The van der Waals surface area contributed by atoms with Crippen LogP contribution >= 0.6 is 0 Å². The molecule has 1 unspecified atom stereocenters. The van der Waals surface area contributed by atoms with Crippen molar-refractivity contribution in [2.24, 2.45) is 5.92 Å². The minimum atomic E-state index is -0.178. The van der Waals surface area contributed by atoms with Crippen molar-refractivity contribution in [1.82, 2.24) is 0 Å². The summed E-state index contributed by atoms with van der Waals surface area (Å²) in [6.45, 7) is 2.27. The molecule has 1 aliphatic heterocycles. The standard InChI is InChI=1S/C12H14N2O2/c1-9-7-14(8-15)11-6-4-3-5-10(11)13(2)12(9)16/h3-6,8-9H,7H2,1-2H3. The molecule has 1 aromatic carbocycles. The Balaban J connectivity index is 2.55. The minimum Gasteiger partial charge on any atom is -0.313 e. The van der Waals surface area contributed by atoms with E-state index in [1.54, 1.807) is 16.8 Å². The summed E-state index contributed by atoms with van der Waals surface area (Å²) in [5.74, 6) is -0.139. The number of nitrogens with zero attached hydrogens (tertiary/aromatic N) is 2. The Bertz CT molecular complexity index is 416. The predicted octanol–water partition coefficient (Wildman–Crippen LogP) is 1.26. The molecule has 0 N–H and O–H groups in total. The van der Waals surface area contributed by atoms with Crippen molar-refractivity contribution in [1.29, 1.82) is 0 Å². The van der Waals surface area contributed by atoms with Crippen molar-refractivity contribution in [3.8, 4) is 0 Å². The van der Waals surface area contributed by atoms with E-state index in [4.69, 9.17) is 0 Å². The molecule has 4 heteroatoms. The number of hydrogen-bond donors (Lipinski definition) is 0. The molecule has 0 bridgehead atoms. The van der Waals surface area contributed by atoms with Gasteiger partial charge in [0, 0.05) is 13.6 Å². The van der Waals surface area contributed by atoms with Gasteiger partial charge in [-0.05, 0) is 12.1 Å². The second kappa shape index (κ2) is 3.96. The van der Waals surface area contributed by atoms with Crippen molar-refractivity contribution >= 4 is 23.7 Å². The molecule has 1 heterocycles. The van der Waals surface area contributed by atoms with Crippen molar-refractivity contribution in [3.63, 3.8) is 0 Å². The highest BCUT2D eigenvalue weighted by atomic mass is 16.2. The Hall–Kier alpha value is -1.84. The second-order valence-corrected chi connectivity index (χ2v) is 4.04. The molecule has 1 aromatic rings. The first-order valence-electron chi connectivity index (χ1n) is 5.23. The Morgan fingerprint density at radius 3 is 2.56 bits per heavy atom. The Labute approximate surface area is 94.5 Å². The summed E-state index contributed by atoms with van der Waals surface area (Å²) in [5, 5.41) is 0. The van der Waals surface area contributed by atoms with Gasteiger partial charge >= 0.3 is 0 Å². The maximum atomic E-state index is 12.0. The Morgan fingerprint density at radius 1 is 1.31 bits per heavy atom. The monoisotopic (exact) mass is 218 g/mol. The van der Waals surface area contributed by atoms with Gasteiger partial charge < -0.3 is 9.80 Å². The van der Waals surface area contributed by atoms with E-state index in [-0.39, 0.29) is 11.8 Å². The molecule has 1 aliphatic rings. The lowest BCUT2D eigenvalue weighted by Gasteiger charge is -2.19. The van der Waals surface area contributed by atoms with Crippen LogP contribution in [0.2, 0.25) is 0 Å². The maximum Gasteiger partial charge on any atom is 0.231 e. The average Bonchev–Trinajstić information content (AvgIpc) is 2.41. The van der Waals surface area contributed by atoms with Gasteiger partial charge in [-0.2, -0.15) is 0 Å². The number of para-hydroxylation sites is 2. The van der Waals surface area contributed by atoms with E-state index in [1.165, 1.54) is 0 Å². The van der Waals surface area contributed by atoms with Gasteiger partial charge in [0.15, 0.2) is 0 Å². The molecule has 0 saturated carbocycles. The molecule has 4 nitrogen and oxygen atoms in total. The van der Waals surface area contributed by atoms with Crippen LogP contribution in [0, 0.1) is 5.92 Å². The van der Waals surface area contributed by atoms with Gasteiger partial charge in [0.2, 0.25) is 12.3 Å². The van der Waals surface area contributed by atoms with Crippen molar-refractivity contribution in [3.05, 3.63) is 24.3 Å². The van der Waals surface area contributed by atoms with Gasteiger partial charge in [0.25, 0.3) is 0 Å². The Morgan fingerprint density at radius 2 is 1.94 bits per heavy atom. The summed E-state index contributed by atoms with van der Waals surface area (Å²) in [6, 6.07) is 7.43. The molecule has 2 amide bonds. The normalized spacial score (nSPS) is 20.4. The number of hydrogen-bond acceptors (Lipinski definition) is 2. The average molecular weight is 218 g/mol. The zero-order valence-electron chi connectivity index (χ0n) is 9.38. The molecule has 0 spiro atoms. The van der Waals surface area contributed by atoms with Crippen LogP contribution in [0.25, 0.3) is 0 Å². The quantitative estimate of drug-likeness (QED) is 0.666. The van der Waals surface area contributed by atoms with Crippen molar-refractivity contribution in [2.75, 3.05) is 23.4 Å². The third kappa shape index (κ3) is 1.56. The molecule has 0 radical (unpaired) electrons. The first-order chi connectivity index (χ1) is 7.65. The van der Waals surface area contributed by atoms with Crippen molar-refractivity contribution in [2.45, 2.75) is 6.92 Å². The molecule has 0 aliphatic carbocycles. The fourth-order valence-electron chi connectivity index (χ4n) is 2.01. The fourth-order valence-corrected chi connectivity index (χ4v) is 2.01. The zero-order chi connectivity index (χ0) is 11.7. The number of carbonyl (C=O) groups excluding carboxylic acids is 2. The van der Waals surface area contributed by atoms with Gasteiger partial charge in [-0.15, -0.1) is 0 Å². The summed E-state index contributed by atoms with van der Waals surface area (Å²) in [7, 11) is 1.74. The molecular formula is C12H14N2O2. The van der Waals surface area contributed by atoms with Crippen LogP contribution < -0.4 is 9.80 Å². The number of fused-ring (bicyclic) bond motifs is 1. The van der Waals surface area contributed by atoms with Crippen LogP contribution in [0.4, 0.5) is 11.4 Å². The smallest absolute Gasteiger partial charge is 0.231 e. The van der Waals surface area contributed by atoms with Gasteiger partial charge in [0.05, 0.1) is 17.3 Å². The van der Waals surface area contributed by atoms with Gasteiger partial charge in [-0.25, -0.2) is 0 Å². The highest BCUT2D eigenvalue weighted by molar-refractivity contribution is 6.01. The highest BCUT2D eigenvalue weighted by Gasteiger charge is 2.28. The second-order valence-electron chi connectivity index (χ2n) is 4.04. The maximum absolute atomic E-state index is 12.0. The van der Waals surface area contributed by atoms with E-state index in [9.17, 15) is 9.59 Å². The zero-order valence-corrected chi connectivity index (χ0v) is 9.38. The molecule has 2 rings (SSSR count). The summed E-state index contributed by atoms with van der Waals surface area (Å²) < 4.78 is 0. The Kier molecular flexibility index (Phi) is 2.64. The summed E-state index contributed by atoms with van der Waals surface area (Å²) in [5.41, 5.74) is 1.57. The van der Waals surface area contributed by atoms with E-state index in [0.29, 0.717) is 6.54 Å². The number of amides is 2. The van der Waals surface area contributed by atoms with Crippen LogP contribution in [0.3, 0.4) is 0 Å². The number of benzene rings is 1. The third-order valence-electron chi connectivity index (χ3n) is 2.90.